The summed E-state index contributed by atoms with van der Waals surface area (Å²) in [7, 11) is 0. The Kier molecular flexibility index (Phi) is 5.77. The number of nitrogens with zero attached hydrogens (tertiary/aromatic N) is 3. The Bertz CT molecular complexity index is 639. The van der Waals surface area contributed by atoms with E-state index in [9.17, 15) is 4.79 Å². The summed E-state index contributed by atoms with van der Waals surface area (Å²) in [5.74, 6) is 0.484. The van der Waals surface area contributed by atoms with E-state index in [1.165, 1.54) is 0 Å². The third-order valence-electron chi connectivity index (χ3n) is 3.92. The van der Waals surface area contributed by atoms with Crippen molar-refractivity contribution in [2.75, 3.05) is 25.0 Å². The second kappa shape index (κ2) is 8.21. The molecule has 0 bridgehead atoms. The molecule has 0 unspecified atom stereocenters. The number of nitrogens with one attached hydrogen (secondary N) is 1. The van der Waals surface area contributed by atoms with Gasteiger partial charge in [-0.2, -0.15) is 11.3 Å². The van der Waals surface area contributed by atoms with E-state index in [0.29, 0.717) is 24.6 Å². The molecule has 0 radical (unpaired) electrons. The number of thiophene rings is 1. The highest BCUT2D eigenvalue weighted by Crippen LogP contribution is 2.18. The van der Waals surface area contributed by atoms with Crippen molar-refractivity contribution in [1.82, 2.24) is 14.9 Å². The number of rotatable bonds is 7. The summed E-state index contributed by atoms with van der Waals surface area (Å²) in [6, 6.07) is 2.05. The number of ether oxygens (including phenoxy) is 1. The van der Waals surface area contributed by atoms with Gasteiger partial charge in [0.05, 0.1) is 11.7 Å². The SMILES string of the molecule is CCNc1ncc(C(=O)N(Cc2ccsc2)C[C@H]2CCCO2)cn1. The van der Waals surface area contributed by atoms with Crippen LogP contribution in [-0.2, 0) is 11.3 Å². The molecule has 0 aliphatic carbocycles. The van der Waals surface area contributed by atoms with Crippen molar-refractivity contribution < 1.29 is 9.53 Å². The van der Waals surface area contributed by atoms with Gasteiger partial charge in [-0.05, 0) is 42.2 Å². The summed E-state index contributed by atoms with van der Waals surface area (Å²) in [5.41, 5.74) is 1.64. The van der Waals surface area contributed by atoms with Crippen molar-refractivity contribution in [2.24, 2.45) is 0 Å². The van der Waals surface area contributed by atoms with Crippen molar-refractivity contribution in [2.45, 2.75) is 32.4 Å². The fraction of sp³-hybridized carbons (Fsp3) is 0.471. The quantitative estimate of drug-likeness (QED) is 0.835. The Hall–Kier alpha value is -1.99. The second-order valence-electron chi connectivity index (χ2n) is 5.78. The second-order valence-corrected chi connectivity index (χ2v) is 6.56. The minimum atomic E-state index is -0.0558. The first-order valence-corrected chi connectivity index (χ1v) is 9.18. The van der Waals surface area contributed by atoms with Gasteiger partial charge in [-0.3, -0.25) is 4.79 Å². The van der Waals surface area contributed by atoms with E-state index in [-0.39, 0.29) is 12.0 Å². The van der Waals surface area contributed by atoms with Crippen LogP contribution in [0.5, 0.6) is 0 Å². The zero-order valence-electron chi connectivity index (χ0n) is 13.8. The van der Waals surface area contributed by atoms with Gasteiger partial charge < -0.3 is 15.0 Å². The van der Waals surface area contributed by atoms with Gasteiger partial charge in [-0.15, -0.1) is 0 Å². The van der Waals surface area contributed by atoms with Crippen LogP contribution >= 0.6 is 11.3 Å². The van der Waals surface area contributed by atoms with Crippen LogP contribution < -0.4 is 5.32 Å². The molecule has 128 valence electrons. The van der Waals surface area contributed by atoms with Gasteiger partial charge in [0.25, 0.3) is 5.91 Å². The first-order valence-electron chi connectivity index (χ1n) is 8.24. The molecule has 7 heteroatoms. The van der Waals surface area contributed by atoms with Gasteiger partial charge in [0, 0.05) is 38.6 Å². The lowest BCUT2D eigenvalue weighted by atomic mass is 10.2. The maximum Gasteiger partial charge on any atom is 0.257 e. The summed E-state index contributed by atoms with van der Waals surface area (Å²) >= 11 is 1.64. The summed E-state index contributed by atoms with van der Waals surface area (Å²) in [6.45, 7) is 4.69. The molecule has 3 rings (SSSR count). The minimum Gasteiger partial charge on any atom is -0.376 e. The average Bonchev–Trinajstić information content (AvgIpc) is 3.28. The van der Waals surface area contributed by atoms with Crippen LogP contribution in [0.15, 0.2) is 29.2 Å². The number of amides is 1. The van der Waals surface area contributed by atoms with Crippen LogP contribution in [0.3, 0.4) is 0 Å². The summed E-state index contributed by atoms with van der Waals surface area (Å²) < 4.78 is 5.71. The number of anilines is 1. The lowest BCUT2D eigenvalue weighted by molar-refractivity contribution is 0.0507. The molecule has 1 aliphatic heterocycles. The van der Waals surface area contributed by atoms with Crippen LogP contribution in [0.25, 0.3) is 0 Å². The molecule has 0 saturated carbocycles. The van der Waals surface area contributed by atoms with Gasteiger partial charge in [-0.25, -0.2) is 9.97 Å². The van der Waals surface area contributed by atoms with E-state index in [1.54, 1.807) is 23.7 Å². The zero-order chi connectivity index (χ0) is 16.8. The molecule has 1 saturated heterocycles. The van der Waals surface area contributed by atoms with Crippen molar-refractivity contribution in [3.63, 3.8) is 0 Å². The first-order chi connectivity index (χ1) is 11.8. The molecule has 24 heavy (non-hydrogen) atoms. The normalized spacial score (nSPS) is 17.0. The average molecular weight is 346 g/mol. The number of aromatic nitrogens is 2. The summed E-state index contributed by atoms with van der Waals surface area (Å²) in [4.78, 5) is 23.1. The molecule has 0 aromatic carbocycles. The topological polar surface area (TPSA) is 67.4 Å². The Labute approximate surface area is 145 Å². The standard InChI is InChI=1S/C17H22N4O2S/c1-2-18-17-19-8-14(9-20-17)16(22)21(10-13-5-7-24-12-13)11-15-4-3-6-23-15/h5,7-9,12,15H,2-4,6,10-11H2,1H3,(H,18,19,20)/t15-/m1/s1. The molecule has 3 heterocycles. The Morgan fingerprint density at radius 1 is 1.46 bits per heavy atom. The van der Waals surface area contributed by atoms with Crippen molar-refractivity contribution in [3.05, 3.63) is 40.3 Å². The number of hydrogen-bond donors (Lipinski definition) is 1. The maximum absolute atomic E-state index is 12.9. The van der Waals surface area contributed by atoms with Crippen LogP contribution in [-0.4, -0.2) is 46.6 Å². The lowest BCUT2D eigenvalue weighted by Gasteiger charge is -2.25. The highest BCUT2D eigenvalue weighted by atomic mass is 32.1. The number of carbonyl (C=O) groups is 1. The molecular formula is C17H22N4O2S. The minimum absolute atomic E-state index is 0.0558. The van der Waals surface area contributed by atoms with Crippen LogP contribution in [0.1, 0.15) is 35.7 Å². The van der Waals surface area contributed by atoms with E-state index in [0.717, 1.165) is 31.6 Å². The van der Waals surface area contributed by atoms with Gasteiger partial charge in [0.2, 0.25) is 5.95 Å². The largest absolute Gasteiger partial charge is 0.376 e. The lowest BCUT2D eigenvalue weighted by Crippen LogP contribution is -2.37. The van der Waals surface area contributed by atoms with E-state index >= 15 is 0 Å². The molecule has 1 N–H and O–H groups in total. The van der Waals surface area contributed by atoms with Crippen molar-refractivity contribution in [3.8, 4) is 0 Å². The van der Waals surface area contributed by atoms with E-state index in [2.05, 4.69) is 20.7 Å². The Morgan fingerprint density at radius 3 is 2.92 bits per heavy atom. The van der Waals surface area contributed by atoms with Crippen molar-refractivity contribution in [1.29, 1.82) is 0 Å². The Balaban J connectivity index is 1.73. The third kappa shape index (κ3) is 4.30. The summed E-state index contributed by atoms with van der Waals surface area (Å²) in [5, 5.41) is 7.13. The van der Waals surface area contributed by atoms with E-state index in [1.807, 2.05) is 23.3 Å². The van der Waals surface area contributed by atoms with Gasteiger partial charge in [-0.1, -0.05) is 0 Å². The van der Waals surface area contributed by atoms with Crippen molar-refractivity contribution >= 4 is 23.2 Å². The maximum atomic E-state index is 12.9. The molecule has 1 atom stereocenters. The molecule has 1 amide bonds. The Morgan fingerprint density at radius 2 is 2.29 bits per heavy atom. The van der Waals surface area contributed by atoms with E-state index in [4.69, 9.17) is 4.74 Å². The first kappa shape index (κ1) is 16.9. The van der Waals surface area contributed by atoms with Gasteiger partial charge in [0.1, 0.15) is 0 Å². The third-order valence-corrected chi connectivity index (χ3v) is 4.65. The van der Waals surface area contributed by atoms with Crippen LogP contribution in [0.2, 0.25) is 0 Å². The summed E-state index contributed by atoms with van der Waals surface area (Å²) in [6.07, 6.45) is 5.36. The predicted octanol–water partition coefficient (Wildman–Crippen LogP) is 2.79. The monoisotopic (exact) mass is 346 g/mol. The van der Waals surface area contributed by atoms with Crippen LogP contribution in [0.4, 0.5) is 5.95 Å². The molecule has 0 spiro atoms. The number of hydrogen-bond acceptors (Lipinski definition) is 6. The molecule has 2 aromatic heterocycles. The molecule has 6 nitrogen and oxygen atoms in total. The van der Waals surface area contributed by atoms with Gasteiger partial charge in [0.15, 0.2) is 0 Å². The smallest absolute Gasteiger partial charge is 0.257 e. The van der Waals surface area contributed by atoms with Crippen LogP contribution in [0, 0.1) is 0 Å². The molecule has 2 aromatic rings. The van der Waals surface area contributed by atoms with Gasteiger partial charge >= 0.3 is 0 Å². The highest BCUT2D eigenvalue weighted by molar-refractivity contribution is 7.07. The molecule has 1 aliphatic rings. The molecule has 1 fully saturated rings. The highest BCUT2D eigenvalue weighted by Gasteiger charge is 2.24. The van der Waals surface area contributed by atoms with E-state index < -0.39 is 0 Å². The fourth-order valence-corrected chi connectivity index (χ4v) is 3.39. The zero-order valence-corrected chi connectivity index (χ0v) is 14.6. The fourth-order valence-electron chi connectivity index (χ4n) is 2.73. The molecular weight excluding hydrogens is 324 g/mol. The number of carbonyl (C=O) groups excluding carboxylic acids is 1. The predicted molar refractivity (Wildman–Crippen MR) is 94.2 cm³/mol.